The Kier molecular flexibility index (Phi) is 6.25. The molecule has 3 aromatic rings. The third-order valence-electron chi connectivity index (χ3n) is 5.31. The van der Waals surface area contributed by atoms with E-state index in [1.165, 1.54) is 17.7 Å². The fourth-order valence-corrected chi connectivity index (χ4v) is 4.52. The van der Waals surface area contributed by atoms with Gasteiger partial charge >= 0.3 is 10.1 Å². The van der Waals surface area contributed by atoms with E-state index in [1.54, 1.807) is 12.1 Å². The zero-order chi connectivity index (χ0) is 21.8. The molecule has 0 radical (unpaired) electrons. The third kappa shape index (κ3) is 5.24. The first-order valence-electron chi connectivity index (χ1n) is 9.99. The molecule has 31 heavy (non-hydrogen) atoms. The smallest absolute Gasteiger partial charge is 0.265 e. The van der Waals surface area contributed by atoms with Crippen molar-refractivity contribution in [1.29, 1.82) is 0 Å². The zero-order valence-corrected chi connectivity index (χ0v) is 18.6. The van der Waals surface area contributed by atoms with E-state index in [0.717, 1.165) is 23.1 Å². The molecule has 0 saturated carbocycles. The lowest BCUT2D eigenvalue weighted by atomic mass is 9.81. The van der Waals surface area contributed by atoms with Crippen LogP contribution in [0, 0.1) is 6.92 Å². The third-order valence-corrected chi connectivity index (χ3v) is 6.68. The van der Waals surface area contributed by atoms with Crippen LogP contribution in [0.1, 0.15) is 35.4 Å². The molecule has 6 heteroatoms. The van der Waals surface area contributed by atoms with Gasteiger partial charge in [0, 0.05) is 11.4 Å². The van der Waals surface area contributed by atoms with E-state index >= 15 is 0 Å². The highest BCUT2D eigenvalue weighted by atomic mass is 35.5. The highest BCUT2D eigenvalue weighted by Crippen LogP contribution is 2.36. The molecule has 1 aliphatic rings. The number of allylic oxidation sites excluding steroid dienone is 2. The molecular weight excluding hydrogens is 430 g/mol. The van der Waals surface area contributed by atoms with Crippen LogP contribution < -0.4 is 0 Å². The van der Waals surface area contributed by atoms with Crippen LogP contribution in [-0.4, -0.2) is 14.1 Å². The van der Waals surface area contributed by atoms with E-state index in [1.807, 2.05) is 55.5 Å². The largest absolute Gasteiger partial charge is 0.358 e. The second-order valence-electron chi connectivity index (χ2n) is 7.62. The summed E-state index contributed by atoms with van der Waals surface area (Å²) in [5.41, 5.74) is 4.82. The molecule has 0 fully saturated rings. The van der Waals surface area contributed by atoms with Crippen molar-refractivity contribution in [1.82, 2.24) is 0 Å². The summed E-state index contributed by atoms with van der Waals surface area (Å²) in [7, 11) is -3.98. The summed E-state index contributed by atoms with van der Waals surface area (Å²) in [5, 5.41) is 4.72. The van der Waals surface area contributed by atoms with Gasteiger partial charge in [-0.1, -0.05) is 76.9 Å². The highest BCUT2D eigenvalue weighted by Gasteiger charge is 2.23. The monoisotopic (exact) mass is 451 g/mol. The van der Waals surface area contributed by atoms with E-state index in [4.69, 9.17) is 15.9 Å². The second-order valence-corrected chi connectivity index (χ2v) is 9.58. The van der Waals surface area contributed by atoms with Crippen LogP contribution in [0.25, 0.3) is 5.57 Å². The Labute approximate surface area is 188 Å². The Morgan fingerprint density at radius 1 is 0.903 bits per heavy atom. The van der Waals surface area contributed by atoms with Crippen LogP contribution in [-0.2, 0) is 14.4 Å². The molecular formula is C25H22ClNO3S. The lowest BCUT2D eigenvalue weighted by Crippen LogP contribution is -2.14. The van der Waals surface area contributed by atoms with Crippen molar-refractivity contribution in [2.24, 2.45) is 5.16 Å². The average molecular weight is 452 g/mol. The second kappa shape index (κ2) is 9.08. The Bertz CT molecular complexity index is 1220. The summed E-state index contributed by atoms with van der Waals surface area (Å²) >= 11 is 6.04. The quantitative estimate of drug-likeness (QED) is 0.423. The Morgan fingerprint density at radius 2 is 1.58 bits per heavy atom. The number of aryl methyl sites for hydroxylation is 1. The Morgan fingerprint density at radius 3 is 2.26 bits per heavy atom. The maximum atomic E-state index is 12.6. The van der Waals surface area contributed by atoms with Gasteiger partial charge in [0.15, 0.2) is 0 Å². The maximum Gasteiger partial charge on any atom is 0.358 e. The first kappa shape index (κ1) is 21.3. The molecule has 0 spiro atoms. The molecule has 0 bridgehead atoms. The molecule has 0 aromatic heterocycles. The standard InChI is InChI=1S/C25H22ClNO3S/c1-18-7-13-25(14-8-18)31(28,29)30-27-24-16-21(19-5-3-2-4-6-19)15-22(17-24)20-9-11-23(26)12-10-20/h2-14,17,21H,15-16H2,1H3/b27-24+. The summed E-state index contributed by atoms with van der Waals surface area (Å²) in [6, 6.07) is 24.3. The predicted octanol–water partition coefficient (Wildman–Crippen LogP) is 6.37. The van der Waals surface area contributed by atoms with Crippen molar-refractivity contribution in [3.63, 3.8) is 0 Å². The van der Waals surface area contributed by atoms with E-state index in [2.05, 4.69) is 17.3 Å². The SMILES string of the molecule is Cc1ccc(S(=O)(=O)O/N=C2/C=C(c3ccc(Cl)cc3)CC(c3ccccc3)C2)cc1. The van der Waals surface area contributed by atoms with Crippen molar-refractivity contribution >= 4 is 33.0 Å². The van der Waals surface area contributed by atoms with Crippen LogP contribution in [0.4, 0.5) is 0 Å². The van der Waals surface area contributed by atoms with Gasteiger partial charge in [0.2, 0.25) is 0 Å². The number of halogens is 1. The van der Waals surface area contributed by atoms with Crippen molar-refractivity contribution in [2.45, 2.75) is 30.6 Å². The van der Waals surface area contributed by atoms with E-state index in [-0.39, 0.29) is 10.8 Å². The van der Waals surface area contributed by atoms with Crippen molar-refractivity contribution < 1.29 is 12.7 Å². The maximum absolute atomic E-state index is 12.6. The van der Waals surface area contributed by atoms with Crippen molar-refractivity contribution in [3.05, 3.63) is 107 Å². The number of hydrogen-bond donors (Lipinski definition) is 0. The minimum absolute atomic E-state index is 0.0831. The molecule has 4 nitrogen and oxygen atoms in total. The molecule has 0 amide bonds. The summed E-state index contributed by atoms with van der Waals surface area (Å²) in [4.78, 5) is 0.0831. The Hall–Kier alpha value is -2.89. The van der Waals surface area contributed by atoms with Crippen LogP contribution in [0.2, 0.25) is 5.02 Å². The van der Waals surface area contributed by atoms with Crippen molar-refractivity contribution in [3.8, 4) is 0 Å². The van der Waals surface area contributed by atoms with Crippen LogP contribution >= 0.6 is 11.6 Å². The van der Waals surface area contributed by atoms with E-state index < -0.39 is 10.1 Å². The summed E-state index contributed by atoms with van der Waals surface area (Å²) < 4.78 is 30.2. The van der Waals surface area contributed by atoms with Gasteiger partial charge in [-0.2, -0.15) is 8.42 Å². The molecule has 0 aliphatic heterocycles. The van der Waals surface area contributed by atoms with Gasteiger partial charge in [-0.15, -0.1) is 0 Å². The molecule has 0 N–H and O–H groups in total. The summed E-state index contributed by atoms with van der Waals surface area (Å²) in [5.74, 6) is 0.168. The van der Waals surface area contributed by atoms with Gasteiger partial charge in [-0.05, 0) is 66.3 Å². The fourth-order valence-electron chi connectivity index (χ4n) is 3.64. The molecule has 3 aromatic carbocycles. The van der Waals surface area contributed by atoms with E-state index in [0.29, 0.717) is 17.2 Å². The van der Waals surface area contributed by atoms with Gasteiger partial charge in [-0.3, -0.25) is 4.28 Å². The number of nitrogens with zero attached hydrogens (tertiary/aromatic N) is 1. The molecule has 1 unspecified atom stereocenters. The summed E-state index contributed by atoms with van der Waals surface area (Å²) in [6.45, 7) is 1.90. The Balaban J connectivity index is 1.65. The minimum Gasteiger partial charge on any atom is -0.265 e. The van der Waals surface area contributed by atoms with Gasteiger partial charge in [0.1, 0.15) is 4.90 Å². The molecule has 0 heterocycles. The van der Waals surface area contributed by atoms with Gasteiger partial charge in [0.25, 0.3) is 0 Å². The lowest BCUT2D eigenvalue weighted by Gasteiger charge is -2.24. The minimum atomic E-state index is -3.98. The average Bonchev–Trinajstić information content (AvgIpc) is 2.79. The zero-order valence-electron chi connectivity index (χ0n) is 17.0. The molecule has 4 rings (SSSR count). The molecule has 158 valence electrons. The van der Waals surface area contributed by atoms with Crippen LogP contribution in [0.3, 0.4) is 0 Å². The number of oxime groups is 1. The van der Waals surface area contributed by atoms with E-state index in [9.17, 15) is 8.42 Å². The number of rotatable bonds is 5. The fraction of sp³-hybridized carbons (Fsp3) is 0.160. The first-order chi connectivity index (χ1) is 14.9. The highest BCUT2D eigenvalue weighted by molar-refractivity contribution is 7.86. The van der Waals surface area contributed by atoms with Gasteiger partial charge in [0.05, 0.1) is 5.71 Å². The van der Waals surface area contributed by atoms with Crippen LogP contribution in [0.5, 0.6) is 0 Å². The van der Waals surface area contributed by atoms with Crippen LogP contribution in [0.15, 0.2) is 95.0 Å². The summed E-state index contributed by atoms with van der Waals surface area (Å²) in [6.07, 6.45) is 3.31. The molecule has 0 saturated heterocycles. The van der Waals surface area contributed by atoms with Gasteiger partial charge in [-0.25, -0.2) is 0 Å². The number of benzene rings is 3. The predicted molar refractivity (Wildman–Crippen MR) is 125 cm³/mol. The van der Waals surface area contributed by atoms with Gasteiger partial charge < -0.3 is 0 Å². The lowest BCUT2D eigenvalue weighted by molar-refractivity contribution is 0.337. The molecule has 1 atom stereocenters. The normalized spacial score (nSPS) is 17.9. The molecule has 1 aliphatic carbocycles. The topological polar surface area (TPSA) is 55.7 Å². The number of hydrogen-bond acceptors (Lipinski definition) is 4. The first-order valence-corrected chi connectivity index (χ1v) is 11.8. The van der Waals surface area contributed by atoms with Crippen molar-refractivity contribution in [2.75, 3.05) is 0 Å².